The third-order valence-electron chi connectivity index (χ3n) is 2.18. The summed E-state index contributed by atoms with van der Waals surface area (Å²) in [5.74, 6) is -1.06. The van der Waals surface area contributed by atoms with Gasteiger partial charge in [0, 0.05) is 11.0 Å². The van der Waals surface area contributed by atoms with Crippen molar-refractivity contribution in [1.29, 1.82) is 0 Å². The first-order valence-corrected chi connectivity index (χ1v) is 6.99. The second-order valence-electron chi connectivity index (χ2n) is 3.37. The van der Waals surface area contributed by atoms with Gasteiger partial charge in [0.1, 0.15) is 9.77 Å². The molecule has 0 unspecified atom stereocenters. The minimum atomic E-state index is -1.06. The van der Waals surface area contributed by atoms with Crippen molar-refractivity contribution >= 4 is 46.4 Å². The Morgan fingerprint density at radius 1 is 1.42 bits per heavy atom. The van der Waals surface area contributed by atoms with Crippen molar-refractivity contribution in [1.82, 2.24) is 0 Å². The molecule has 1 aromatic heterocycles. The fourth-order valence-electron chi connectivity index (χ4n) is 1.39. The monoisotopic (exact) mass is 315 g/mol. The Kier molecular flexibility index (Phi) is 4.08. The van der Waals surface area contributed by atoms with Crippen LogP contribution in [0.15, 0.2) is 39.4 Å². The van der Waals surface area contributed by atoms with Gasteiger partial charge in [-0.25, -0.2) is 4.79 Å². The number of nitro benzene ring substituents is 1. The largest absolute Gasteiger partial charge is 0.477 e. The lowest BCUT2D eigenvalue weighted by Crippen LogP contribution is -1.95. The second-order valence-corrected chi connectivity index (χ2v) is 5.74. The molecule has 0 aliphatic rings. The Balaban J connectivity index is 2.46. The van der Waals surface area contributed by atoms with Crippen LogP contribution in [0.25, 0.3) is 0 Å². The zero-order chi connectivity index (χ0) is 14.0. The highest BCUT2D eigenvalue weighted by Gasteiger charge is 2.21. The number of benzene rings is 1. The predicted molar refractivity (Wildman–Crippen MR) is 73.5 cm³/mol. The van der Waals surface area contributed by atoms with Gasteiger partial charge in [-0.2, -0.15) is 0 Å². The summed E-state index contributed by atoms with van der Waals surface area (Å²) in [5.41, 5.74) is -0.139. The van der Waals surface area contributed by atoms with Gasteiger partial charge in [-0.15, -0.1) is 11.3 Å². The normalized spacial score (nSPS) is 10.4. The van der Waals surface area contributed by atoms with E-state index < -0.39 is 10.9 Å². The van der Waals surface area contributed by atoms with E-state index in [2.05, 4.69) is 0 Å². The number of carboxylic acids is 1. The van der Waals surface area contributed by atoms with Gasteiger partial charge in [-0.3, -0.25) is 10.1 Å². The van der Waals surface area contributed by atoms with Crippen molar-refractivity contribution in [2.45, 2.75) is 9.79 Å². The van der Waals surface area contributed by atoms with Crippen LogP contribution in [0.3, 0.4) is 0 Å². The molecular weight excluding hydrogens is 310 g/mol. The van der Waals surface area contributed by atoms with E-state index >= 15 is 0 Å². The highest BCUT2D eigenvalue weighted by atomic mass is 35.5. The summed E-state index contributed by atoms with van der Waals surface area (Å²) in [6.07, 6.45) is 0. The molecule has 19 heavy (non-hydrogen) atoms. The predicted octanol–water partition coefficient (Wildman–Crippen LogP) is 4.16. The van der Waals surface area contributed by atoms with E-state index in [1.54, 1.807) is 11.4 Å². The molecule has 0 fully saturated rings. The van der Waals surface area contributed by atoms with Crippen molar-refractivity contribution < 1.29 is 14.8 Å². The number of hydrogen-bond acceptors (Lipinski definition) is 5. The first kappa shape index (κ1) is 13.9. The van der Waals surface area contributed by atoms with Crippen LogP contribution >= 0.6 is 34.7 Å². The maximum atomic E-state index is 11.0. The lowest BCUT2D eigenvalue weighted by Gasteiger charge is -2.04. The standard InChI is InChI=1S/C11H6ClNO4S2/c12-6-2-1-3-7(13(16)17)9(6)19-8-4-5-18-10(8)11(14)15/h1-5H,(H,14,15). The molecule has 2 aromatic rings. The molecule has 0 bridgehead atoms. The minimum absolute atomic E-state index is 0.138. The highest BCUT2D eigenvalue weighted by molar-refractivity contribution is 7.99. The average Bonchev–Trinajstić information content (AvgIpc) is 2.79. The zero-order valence-electron chi connectivity index (χ0n) is 9.20. The first-order chi connectivity index (χ1) is 9.00. The summed E-state index contributed by atoms with van der Waals surface area (Å²) in [7, 11) is 0. The molecule has 0 atom stereocenters. The van der Waals surface area contributed by atoms with Crippen LogP contribution < -0.4 is 0 Å². The number of carbonyl (C=O) groups is 1. The molecular formula is C11H6ClNO4S2. The van der Waals surface area contributed by atoms with Gasteiger partial charge >= 0.3 is 5.97 Å². The van der Waals surface area contributed by atoms with Crippen LogP contribution in [0, 0.1) is 10.1 Å². The van der Waals surface area contributed by atoms with Crippen LogP contribution in [0.2, 0.25) is 5.02 Å². The lowest BCUT2D eigenvalue weighted by molar-refractivity contribution is -0.387. The number of halogens is 1. The Labute approximate surface area is 121 Å². The number of hydrogen-bond donors (Lipinski definition) is 1. The summed E-state index contributed by atoms with van der Waals surface area (Å²) in [6.45, 7) is 0. The fourth-order valence-corrected chi connectivity index (χ4v) is 3.60. The highest BCUT2D eigenvalue weighted by Crippen LogP contribution is 2.42. The lowest BCUT2D eigenvalue weighted by atomic mass is 10.3. The van der Waals surface area contributed by atoms with Gasteiger partial charge in [0.2, 0.25) is 0 Å². The van der Waals surface area contributed by atoms with Crippen LogP contribution in [0.1, 0.15) is 9.67 Å². The van der Waals surface area contributed by atoms with Crippen molar-refractivity contribution in [2.75, 3.05) is 0 Å². The van der Waals surface area contributed by atoms with E-state index in [-0.39, 0.29) is 20.5 Å². The molecule has 0 radical (unpaired) electrons. The Bertz CT molecular complexity index is 656. The summed E-state index contributed by atoms with van der Waals surface area (Å²) in [6, 6.07) is 5.95. The maximum absolute atomic E-state index is 11.0. The minimum Gasteiger partial charge on any atom is -0.477 e. The van der Waals surface area contributed by atoms with Crippen LogP contribution in [-0.4, -0.2) is 16.0 Å². The topological polar surface area (TPSA) is 80.4 Å². The molecule has 0 aliphatic heterocycles. The van der Waals surface area contributed by atoms with Gasteiger partial charge < -0.3 is 5.11 Å². The number of nitrogens with zero attached hydrogens (tertiary/aromatic N) is 1. The number of carboxylic acid groups (broad SMARTS) is 1. The smallest absolute Gasteiger partial charge is 0.347 e. The van der Waals surface area contributed by atoms with E-state index in [0.29, 0.717) is 4.90 Å². The number of thiophene rings is 1. The van der Waals surface area contributed by atoms with Crippen molar-refractivity contribution in [3.05, 3.63) is 49.7 Å². The molecule has 1 heterocycles. The quantitative estimate of drug-likeness (QED) is 0.677. The Morgan fingerprint density at radius 3 is 2.79 bits per heavy atom. The SMILES string of the molecule is O=C(O)c1sccc1Sc1c(Cl)cccc1[N+](=O)[O-]. The molecule has 0 spiro atoms. The second kappa shape index (κ2) is 5.60. The van der Waals surface area contributed by atoms with Crippen LogP contribution in [0.5, 0.6) is 0 Å². The van der Waals surface area contributed by atoms with E-state index in [4.69, 9.17) is 16.7 Å². The molecule has 1 N–H and O–H groups in total. The van der Waals surface area contributed by atoms with E-state index in [1.807, 2.05) is 0 Å². The van der Waals surface area contributed by atoms with Gasteiger partial charge in [-0.05, 0) is 17.5 Å². The van der Waals surface area contributed by atoms with Gasteiger partial charge in [0.15, 0.2) is 0 Å². The molecule has 0 amide bonds. The third kappa shape index (κ3) is 2.89. The van der Waals surface area contributed by atoms with E-state index in [1.165, 1.54) is 18.2 Å². The Morgan fingerprint density at radius 2 is 2.16 bits per heavy atom. The van der Waals surface area contributed by atoms with Crippen molar-refractivity contribution in [2.24, 2.45) is 0 Å². The average molecular weight is 316 g/mol. The van der Waals surface area contributed by atoms with Crippen LogP contribution in [0.4, 0.5) is 5.69 Å². The molecule has 0 saturated carbocycles. The van der Waals surface area contributed by atoms with Crippen molar-refractivity contribution in [3.8, 4) is 0 Å². The summed E-state index contributed by atoms with van der Waals surface area (Å²) >= 11 is 8.00. The first-order valence-electron chi connectivity index (χ1n) is 4.92. The molecule has 1 aromatic carbocycles. The molecule has 98 valence electrons. The third-order valence-corrected chi connectivity index (χ3v) is 4.83. The molecule has 5 nitrogen and oxygen atoms in total. The molecule has 8 heteroatoms. The molecule has 0 saturated heterocycles. The zero-order valence-corrected chi connectivity index (χ0v) is 11.6. The summed E-state index contributed by atoms with van der Waals surface area (Å²) < 4.78 is 0. The van der Waals surface area contributed by atoms with Gasteiger partial charge in [0.05, 0.1) is 9.95 Å². The molecule has 0 aliphatic carbocycles. The van der Waals surface area contributed by atoms with Crippen LogP contribution in [-0.2, 0) is 0 Å². The van der Waals surface area contributed by atoms with Crippen molar-refractivity contribution in [3.63, 3.8) is 0 Å². The Hall–Kier alpha value is -1.57. The van der Waals surface area contributed by atoms with E-state index in [9.17, 15) is 14.9 Å². The summed E-state index contributed by atoms with van der Waals surface area (Å²) in [4.78, 5) is 22.2. The fraction of sp³-hybridized carbons (Fsp3) is 0. The number of aromatic carboxylic acids is 1. The van der Waals surface area contributed by atoms with E-state index in [0.717, 1.165) is 23.1 Å². The number of rotatable bonds is 4. The molecule has 2 rings (SSSR count). The maximum Gasteiger partial charge on any atom is 0.347 e. The van der Waals surface area contributed by atoms with Gasteiger partial charge in [-0.1, -0.05) is 29.4 Å². The summed E-state index contributed by atoms with van der Waals surface area (Å²) in [5, 5.41) is 21.8. The number of nitro groups is 1. The van der Waals surface area contributed by atoms with Gasteiger partial charge in [0.25, 0.3) is 5.69 Å².